The van der Waals surface area contributed by atoms with Gasteiger partial charge in [-0.05, 0) is 32.2 Å². The first kappa shape index (κ1) is 16.9. The van der Waals surface area contributed by atoms with Crippen molar-refractivity contribution >= 4 is 5.95 Å². The van der Waals surface area contributed by atoms with E-state index in [1.807, 2.05) is 6.20 Å². The highest BCUT2D eigenvalue weighted by Gasteiger charge is 2.16. The monoisotopic (exact) mass is 278 g/mol. The zero-order valence-electron chi connectivity index (χ0n) is 14.1. The van der Waals surface area contributed by atoms with E-state index in [4.69, 9.17) is 0 Å². The van der Waals surface area contributed by atoms with Crippen molar-refractivity contribution in [2.75, 3.05) is 18.5 Å². The largest absolute Gasteiger partial charge is 0.341 e. The fourth-order valence-electron chi connectivity index (χ4n) is 1.95. The van der Waals surface area contributed by atoms with E-state index in [0.717, 1.165) is 24.7 Å². The fourth-order valence-corrected chi connectivity index (χ4v) is 1.95. The van der Waals surface area contributed by atoms with Crippen LogP contribution in [0.5, 0.6) is 0 Å². The van der Waals surface area contributed by atoms with Gasteiger partial charge in [0.05, 0.1) is 0 Å². The Bertz CT molecular complexity index is 415. The molecule has 1 aromatic heterocycles. The number of aromatic nitrogens is 2. The van der Waals surface area contributed by atoms with E-state index in [2.05, 4.69) is 68.8 Å². The van der Waals surface area contributed by atoms with E-state index >= 15 is 0 Å². The summed E-state index contributed by atoms with van der Waals surface area (Å²) in [5.74, 6) is 2.06. The Morgan fingerprint density at radius 2 is 1.85 bits per heavy atom. The van der Waals surface area contributed by atoms with E-state index < -0.39 is 0 Å². The molecule has 1 aromatic rings. The third-order valence-electron chi connectivity index (χ3n) is 3.83. The molecule has 1 N–H and O–H groups in total. The number of aryl methyl sites for hydroxylation is 1. The summed E-state index contributed by atoms with van der Waals surface area (Å²) in [4.78, 5) is 11.3. The summed E-state index contributed by atoms with van der Waals surface area (Å²) in [6.07, 6.45) is 1.95. The van der Waals surface area contributed by atoms with Crippen LogP contribution in [0, 0.1) is 18.8 Å². The van der Waals surface area contributed by atoms with Crippen LogP contribution < -0.4 is 10.2 Å². The number of nitrogens with zero attached hydrogens (tertiary/aromatic N) is 3. The average molecular weight is 278 g/mol. The van der Waals surface area contributed by atoms with E-state index in [1.165, 1.54) is 5.56 Å². The molecule has 1 unspecified atom stereocenters. The van der Waals surface area contributed by atoms with Gasteiger partial charge in [0.25, 0.3) is 0 Å². The molecule has 0 aromatic carbocycles. The second-order valence-corrected chi connectivity index (χ2v) is 6.40. The maximum Gasteiger partial charge on any atom is 0.225 e. The van der Waals surface area contributed by atoms with Gasteiger partial charge in [0.15, 0.2) is 0 Å². The van der Waals surface area contributed by atoms with Crippen molar-refractivity contribution in [1.29, 1.82) is 0 Å². The van der Waals surface area contributed by atoms with Gasteiger partial charge in [-0.25, -0.2) is 9.97 Å². The third-order valence-corrected chi connectivity index (χ3v) is 3.83. The highest BCUT2D eigenvalue weighted by Crippen LogP contribution is 2.16. The fraction of sp³-hybridized carbons (Fsp3) is 0.750. The lowest BCUT2D eigenvalue weighted by molar-refractivity contribution is 0.498. The van der Waals surface area contributed by atoms with Crippen LogP contribution >= 0.6 is 0 Å². The van der Waals surface area contributed by atoms with Gasteiger partial charge in [-0.1, -0.05) is 27.7 Å². The van der Waals surface area contributed by atoms with Crippen LogP contribution in [0.25, 0.3) is 0 Å². The zero-order chi connectivity index (χ0) is 15.3. The predicted molar refractivity (Wildman–Crippen MR) is 86.0 cm³/mol. The Labute approximate surface area is 124 Å². The first-order chi connectivity index (χ1) is 9.32. The molecular formula is C16H30N4. The first-order valence-electron chi connectivity index (χ1n) is 7.59. The molecule has 4 nitrogen and oxygen atoms in total. The van der Waals surface area contributed by atoms with Crippen LogP contribution in [0.2, 0.25) is 0 Å². The van der Waals surface area contributed by atoms with Gasteiger partial charge in [-0.2, -0.15) is 0 Å². The standard InChI is InChI=1S/C16H30N4/c1-11(2)8-17-9-15-10-18-16(19-13(15)5)20(7)14(6)12(3)4/h10-12,14,17H,8-9H2,1-7H3. The Kier molecular flexibility index (Phi) is 6.40. The van der Waals surface area contributed by atoms with E-state index in [-0.39, 0.29) is 0 Å². The molecule has 0 radical (unpaired) electrons. The average Bonchev–Trinajstić information content (AvgIpc) is 2.38. The van der Waals surface area contributed by atoms with E-state index in [9.17, 15) is 0 Å². The maximum absolute atomic E-state index is 4.65. The molecule has 1 atom stereocenters. The summed E-state index contributed by atoms with van der Waals surface area (Å²) < 4.78 is 0. The molecule has 20 heavy (non-hydrogen) atoms. The highest BCUT2D eigenvalue weighted by molar-refractivity contribution is 5.33. The summed E-state index contributed by atoms with van der Waals surface area (Å²) in [6.45, 7) is 15.0. The van der Waals surface area contributed by atoms with Crippen molar-refractivity contribution < 1.29 is 0 Å². The molecule has 0 bridgehead atoms. The Morgan fingerprint density at radius 3 is 2.35 bits per heavy atom. The molecule has 114 valence electrons. The van der Waals surface area contributed by atoms with Crippen molar-refractivity contribution in [1.82, 2.24) is 15.3 Å². The number of rotatable bonds is 7. The normalized spacial score (nSPS) is 13.1. The lowest BCUT2D eigenvalue weighted by Crippen LogP contribution is -2.34. The molecule has 0 spiro atoms. The summed E-state index contributed by atoms with van der Waals surface area (Å²) in [6, 6.07) is 0.430. The molecule has 0 saturated heterocycles. The second kappa shape index (κ2) is 7.58. The molecule has 0 aliphatic carbocycles. The van der Waals surface area contributed by atoms with E-state index in [0.29, 0.717) is 17.9 Å². The minimum Gasteiger partial charge on any atom is -0.341 e. The Hall–Kier alpha value is -1.16. The summed E-state index contributed by atoms with van der Waals surface area (Å²) in [5, 5.41) is 3.44. The molecule has 0 fully saturated rings. The van der Waals surface area contributed by atoms with Crippen LogP contribution in [0.3, 0.4) is 0 Å². The quantitative estimate of drug-likeness (QED) is 0.832. The lowest BCUT2D eigenvalue weighted by atomic mass is 10.1. The van der Waals surface area contributed by atoms with Gasteiger partial charge < -0.3 is 10.2 Å². The van der Waals surface area contributed by atoms with Gasteiger partial charge in [0, 0.05) is 37.1 Å². The predicted octanol–water partition coefficient (Wildman–Crippen LogP) is 3.01. The topological polar surface area (TPSA) is 41.1 Å². The second-order valence-electron chi connectivity index (χ2n) is 6.40. The Morgan fingerprint density at radius 1 is 1.20 bits per heavy atom. The minimum atomic E-state index is 0.430. The van der Waals surface area contributed by atoms with Gasteiger partial charge in [-0.15, -0.1) is 0 Å². The van der Waals surface area contributed by atoms with Crippen LogP contribution in [-0.2, 0) is 6.54 Å². The van der Waals surface area contributed by atoms with Crippen LogP contribution in [0.1, 0.15) is 45.9 Å². The molecule has 1 rings (SSSR count). The molecular weight excluding hydrogens is 248 g/mol. The third kappa shape index (κ3) is 4.75. The number of hydrogen-bond donors (Lipinski definition) is 1. The molecule has 4 heteroatoms. The smallest absolute Gasteiger partial charge is 0.225 e. The van der Waals surface area contributed by atoms with Crippen molar-refractivity contribution in [3.8, 4) is 0 Å². The van der Waals surface area contributed by atoms with Crippen molar-refractivity contribution in [3.63, 3.8) is 0 Å². The molecule has 1 heterocycles. The zero-order valence-corrected chi connectivity index (χ0v) is 14.1. The summed E-state index contributed by atoms with van der Waals surface area (Å²) in [7, 11) is 2.07. The number of hydrogen-bond acceptors (Lipinski definition) is 4. The number of nitrogens with one attached hydrogen (secondary N) is 1. The molecule has 0 saturated carbocycles. The van der Waals surface area contributed by atoms with Gasteiger partial charge in [-0.3, -0.25) is 0 Å². The summed E-state index contributed by atoms with van der Waals surface area (Å²) in [5.41, 5.74) is 2.24. The van der Waals surface area contributed by atoms with Gasteiger partial charge >= 0.3 is 0 Å². The van der Waals surface area contributed by atoms with Crippen molar-refractivity contribution in [3.05, 3.63) is 17.5 Å². The molecule has 0 amide bonds. The molecule has 0 aliphatic heterocycles. The van der Waals surface area contributed by atoms with Gasteiger partial charge in [0.2, 0.25) is 5.95 Å². The van der Waals surface area contributed by atoms with Crippen LogP contribution in [-0.4, -0.2) is 29.6 Å². The van der Waals surface area contributed by atoms with Crippen LogP contribution in [0.15, 0.2) is 6.20 Å². The Balaban J connectivity index is 2.72. The lowest BCUT2D eigenvalue weighted by Gasteiger charge is -2.28. The minimum absolute atomic E-state index is 0.430. The first-order valence-corrected chi connectivity index (χ1v) is 7.59. The molecule has 0 aliphatic rings. The SMILES string of the molecule is Cc1nc(N(C)C(C)C(C)C)ncc1CNCC(C)C. The van der Waals surface area contributed by atoms with Gasteiger partial charge in [0.1, 0.15) is 0 Å². The van der Waals surface area contributed by atoms with E-state index in [1.54, 1.807) is 0 Å². The van der Waals surface area contributed by atoms with Crippen molar-refractivity contribution in [2.45, 2.75) is 54.1 Å². The number of anilines is 1. The van der Waals surface area contributed by atoms with Crippen molar-refractivity contribution in [2.24, 2.45) is 11.8 Å². The maximum atomic E-state index is 4.65. The highest BCUT2D eigenvalue weighted by atomic mass is 15.2. The summed E-state index contributed by atoms with van der Waals surface area (Å²) >= 11 is 0. The van der Waals surface area contributed by atoms with Crippen LogP contribution in [0.4, 0.5) is 5.95 Å².